The molecule has 3 aliphatic carbocycles. The molecule has 0 N–H and O–H groups in total. The van der Waals surface area contributed by atoms with Gasteiger partial charge in [0.1, 0.15) is 0 Å². The molecule has 3 aliphatic rings. The van der Waals surface area contributed by atoms with E-state index in [0.29, 0.717) is 11.0 Å². The maximum atomic E-state index is 13.5. The van der Waals surface area contributed by atoms with E-state index >= 15 is 0 Å². The van der Waals surface area contributed by atoms with Crippen molar-refractivity contribution in [2.45, 2.75) is 77.0 Å². The van der Waals surface area contributed by atoms with E-state index in [-0.39, 0.29) is 5.92 Å². The van der Waals surface area contributed by atoms with Crippen molar-refractivity contribution in [1.29, 1.82) is 0 Å². The van der Waals surface area contributed by atoms with Crippen LogP contribution in [0, 0.1) is 40.6 Å². The van der Waals surface area contributed by atoms with Gasteiger partial charge in [-0.15, -0.1) is 0 Å². The maximum Gasteiger partial charge on any atom is 0.194 e. The summed E-state index contributed by atoms with van der Waals surface area (Å²) in [6.07, 6.45) is 12.8. The fourth-order valence-electron chi connectivity index (χ4n) is 6.23. The fourth-order valence-corrected chi connectivity index (χ4v) is 6.23. The number of halogens is 3. The van der Waals surface area contributed by atoms with Gasteiger partial charge in [0, 0.05) is 0 Å². The number of hydrogen-bond donors (Lipinski definition) is 0. The number of benzene rings is 1. The van der Waals surface area contributed by atoms with E-state index in [9.17, 15) is 13.2 Å². The highest BCUT2D eigenvalue weighted by Gasteiger charge is 2.53. The van der Waals surface area contributed by atoms with Crippen molar-refractivity contribution < 1.29 is 13.2 Å². The van der Waals surface area contributed by atoms with Gasteiger partial charge in [-0.25, -0.2) is 13.2 Å². The average Bonchev–Trinajstić information content (AvgIpc) is 2.53. The molecule has 25 heavy (non-hydrogen) atoms. The topological polar surface area (TPSA) is 0 Å². The third-order valence-electron chi connectivity index (χ3n) is 7.45. The molecule has 0 aliphatic heterocycles. The summed E-state index contributed by atoms with van der Waals surface area (Å²) in [7, 11) is 0. The van der Waals surface area contributed by atoms with Crippen LogP contribution >= 0.6 is 0 Å². The Bertz CT molecular complexity index is 593. The average molecular weight is 350 g/mol. The minimum atomic E-state index is -1.35. The molecule has 1 aromatic carbocycles. The van der Waals surface area contributed by atoms with Crippen LogP contribution in [0.3, 0.4) is 0 Å². The van der Waals surface area contributed by atoms with E-state index in [1.807, 2.05) is 0 Å². The summed E-state index contributed by atoms with van der Waals surface area (Å²) >= 11 is 0. The molecule has 0 bridgehead atoms. The van der Waals surface area contributed by atoms with Crippen LogP contribution in [-0.2, 0) is 0 Å². The molecular weight excluding hydrogens is 321 g/mol. The predicted molar refractivity (Wildman–Crippen MR) is 93.8 cm³/mol. The molecule has 1 spiro atoms. The molecule has 0 saturated heterocycles. The van der Waals surface area contributed by atoms with Gasteiger partial charge in [-0.3, -0.25) is 0 Å². The standard InChI is InChI=1S/C22H29F3/c1-2-3-14-10-22(11-14)12-18(13-22)16-6-4-15(5-7-16)17-8-19(23)21(25)20(24)9-17/h8-9,14-16,18H,2-7,10-13H2,1H3. The minimum absolute atomic E-state index is 0.188. The Morgan fingerprint density at radius 2 is 1.48 bits per heavy atom. The molecule has 138 valence electrons. The van der Waals surface area contributed by atoms with Gasteiger partial charge in [-0.1, -0.05) is 19.8 Å². The highest BCUT2D eigenvalue weighted by atomic mass is 19.2. The summed E-state index contributed by atoms with van der Waals surface area (Å²) in [6.45, 7) is 2.28. The summed E-state index contributed by atoms with van der Waals surface area (Å²) < 4.78 is 40.1. The quantitative estimate of drug-likeness (QED) is 0.514. The molecule has 0 heterocycles. The van der Waals surface area contributed by atoms with E-state index in [0.717, 1.165) is 43.4 Å². The molecule has 0 nitrogen and oxygen atoms in total. The summed E-state index contributed by atoms with van der Waals surface area (Å²) in [5.74, 6) is -0.599. The van der Waals surface area contributed by atoms with Crippen molar-refractivity contribution in [3.8, 4) is 0 Å². The van der Waals surface area contributed by atoms with Crippen molar-refractivity contribution in [3.05, 3.63) is 35.1 Å². The molecule has 3 heteroatoms. The second-order valence-electron chi connectivity index (χ2n) is 9.14. The summed E-state index contributed by atoms with van der Waals surface area (Å²) in [4.78, 5) is 0. The Kier molecular flexibility index (Phi) is 4.62. The van der Waals surface area contributed by atoms with Crippen LogP contribution in [0.5, 0.6) is 0 Å². The molecular formula is C22H29F3. The van der Waals surface area contributed by atoms with Crippen molar-refractivity contribution in [2.24, 2.45) is 23.2 Å². The van der Waals surface area contributed by atoms with Crippen molar-refractivity contribution in [1.82, 2.24) is 0 Å². The first-order valence-electron chi connectivity index (χ1n) is 10.1. The lowest BCUT2D eigenvalue weighted by Gasteiger charge is -2.60. The van der Waals surface area contributed by atoms with Gasteiger partial charge in [-0.05, 0) is 98.1 Å². The molecule has 3 saturated carbocycles. The van der Waals surface area contributed by atoms with Gasteiger partial charge < -0.3 is 0 Å². The SMILES string of the molecule is CCCC1CC2(C1)CC(C1CCC(c3cc(F)c(F)c(F)c3)CC1)C2. The first kappa shape index (κ1) is 17.4. The highest BCUT2D eigenvalue weighted by Crippen LogP contribution is 2.64. The van der Waals surface area contributed by atoms with E-state index < -0.39 is 17.5 Å². The smallest absolute Gasteiger partial charge is 0.194 e. The third kappa shape index (κ3) is 3.24. The van der Waals surface area contributed by atoms with Crippen LogP contribution in [0.25, 0.3) is 0 Å². The Balaban J connectivity index is 1.27. The van der Waals surface area contributed by atoms with Crippen LogP contribution in [0.2, 0.25) is 0 Å². The Morgan fingerprint density at radius 1 is 0.880 bits per heavy atom. The Labute approximate surface area is 149 Å². The first-order valence-corrected chi connectivity index (χ1v) is 10.1. The third-order valence-corrected chi connectivity index (χ3v) is 7.45. The first-order chi connectivity index (χ1) is 12.0. The molecule has 0 radical (unpaired) electrons. The predicted octanol–water partition coefficient (Wildman–Crippen LogP) is 6.98. The number of rotatable bonds is 4. The van der Waals surface area contributed by atoms with E-state index in [4.69, 9.17) is 0 Å². The van der Waals surface area contributed by atoms with E-state index in [1.165, 1.54) is 50.7 Å². The molecule has 1 aromatic rings. The van der Waals surface area contributed by atoms with Crippen molar-refractivity contribution >= 4 is 0 Å². The summed E-state index contributed by atoms with van der Waals surface area (Å²) in [6, 6.07) is 2.40. The normalized spacial score (nSPS) is 37.6. The van der Waals surface area contributed by atoms with Crippen LogP contribution in [-0.4, -0.2) is 0 Å². The largest absolute Gasteiger partial charge is 0.204 e. The lowest BCUT2D eigenvalue weighted by molar-refractivity contribution is -0.0945. The maximum absolute atomic E-state index is 13.5. The molecule has 0 aromatic heterocycles. The monoisotopic (exact) mass is 350 g/mol. The van der Waals surface area contributed by atoms with Crippen LogP contribution in [0.4, 0.5) is 13.2 Å². The van der Waals surface area contributed by atoms with Gasteiger partial charge in [-0.2, -0.15) is 0 Å². The molecule has 0 atom stereocenters. The Hall–Kier alpha value is -0.990. The zero-order valence-electron chi connectivity index (χ0n) is 15.2. The van der Waals surface area contributed by atoms with Gasteiger partial charge in [0.2, 0.25) is 0 Å². The van der Waals surface area contributed by atoms with E-state index in [1.54, 1.807) is 0 Å². The fraction of sp³-hybridized carbons (Fsp3) is 0.727. The van der Waals surface area contributed by atoms with Gasteiger partial charge >= 0.3 is 0 Å². The molecule has 3 fully saturated rings. The van der Waals surface area contributed by atoms with Gasteiger partial charge in [0.25, 0.3) is 0 Å². The highest BCUT2D eigenvalue weighted by molar-refractivity contribution is 5.23. The van der Waals surface area contributed by atoms with Crippen molar-refractivity contribution in [3.63, 3.8) is 0 Å². The van der Waals surface area contributed by atoms with Gasteiger partial charge in [0.15, 0.2) is 17.5 Å². The lowest BCUT2D eigenvalue weighted by atomic mass is 9.45. The van der Waals surface area contributed by atoms with Crippen LogP contribution in [0.1, 0.15) is 82.6 Å². The molecule has 4 rings (SSSR count). The second-order valence-corrected chi connectivity index (χ2v) is 9.14. The molecule has 0 amide bonds. The zero-order valence-corrected chi connectivity index (χ0v) is 15.2. The summed E-state index contributed by atoms with van der Waals surface area (Å²) in [5, 5.41) is 0. The second kappa shape index (κ2) is 6.63. The van der Waals surface area contributed by atoms with Crippen molar-refractivity contribution in [2.75, 3.05) is 0 Å². The lowest BCUT2D eigenvalue weighted by Crippen LogP contribution is -2.49. The van der Waals surface area contributed by atoms with Gasteiger partial charge in [0.05, 0.1) is 0 Å². The minimum Gasteiger partial charge on any atom is -0.204 e. The van der Waals surface area contributed by atoms with Crippen LogP contribution in [0.15, 0.2) is 12.1 Å². The van der Waals surface area contributed by atoms with Crippen LogP contribution < -0.4 is 0 Å². The number of hydrogen-bond acceptors (Lipinski definition) is 0. The molecule has 0 unspecified atom stereocenters. The zero-order chi connectivity index (χ0) is 17.6. The summed E-state index contributed by atoms with van der Waals surface area (Å²) in [5.41, 5.74) is 1.34. The Morgan fingerprint density at radius 3 is 2.04 bits per heavy atom. The van der Waals surface area contributed by atoms with E-state index in [2.05, 4.69) is 6.92 Å².